The summed E-state index contributed by atoms with van der Waals surface area (Å²) in [6, 6.07) is 30.2. The first kappa shape index (κ1) is 32.7. The zero-order valence-electron chi connectivity index (χ0n) is 29.4. The van der Waals surface area contributed by atoms with Crippen molar-refractivity contribution in [1.29, 1.82) is 0 Å². The van der Waals surface area contributed by atoms with Gasteiger partial charge in [0, 0.05) is 28.5 Å². The first-order valence-corrected chi connectivity index (χ1v) is 17.3. The van der Waals surface area contributed by atoms with Crippen molar-refractivity contribution in [2.45, 2.75) is 85.5 Å². The summed E-state index contributed by atoms with van der Waals surface area (Å²) >= 11 is 1.71. The predicted octanol–water partition coefficient (Wildman–Crippen LogP) is 12.4. The van der Waals surface area contributed by atoms with Crippen LogP contribution >= 0.6 is 11.3 Å². The van der Waals surface area contributed by atoms with E-state index >= 15 is 0 Å². The van der Waals surface area contributed by atoms with E-state index in [2.05, 4.69) is 136 Å². The molecule has 0 amide bonds. The minimum atomic E-state index is -0.209. The smallest absolute Gasteiger partial charge is 0.128 e. The van der Waals surface area contributed by atoms with Gasteiger partial charge in [0.05, 0.1) is 15.9 Å². The SMILES string of the molecule is Cc1ccc(-c2cc(C(C)(C)C)cc3sc(-c4ccccc4N=Cc4cc(C(C)(C)C)cc(C(C)(C)C)c4O)nc23)c2ccccc12. The van der Waals surface area contributed by atoms with Gasteiger partial charge in [0.2, 0.25) is 0 Å². The fourth-order valence-corrected chi connectivity index (χ4v) is 7.20. The highest BCUT2D eigenvalue weighted by molar-refractivity contribution is 7.21. The van der Waals surface area contributed by atoms with Gasteiger partial charge in [0.15, 0.2) is 0 Å². The van der Waals surface area contributed by atoms with Gasteiger partial charge in [-0.15, -0.1) is 11.3 Å². The van der Waals surface area contributed by atoms with Crippen LogP contribution in [0, 0.1) is 6.92 Å². The second-order valence-corrected chi connectivity index (χ2v) is 16.9. The van der Waals surface area contributed by atoms with Crippen molar-refractivity contribution in [1.82, 2.24) is 4.98 Å². The summed E-state index contributed by atoms with van der Waals surface area (Å²) in [5.41, 5.74) is 10.3. The number of benzene rings is 5. The molecule has 0 fully saturated rings. The molecule has 47 heavy (non-hydrogen) atoms. The maximum atomic E-state index is 11.4. The third-order valence-corrected chi connectivity index (χ3v) is 10.1. The lowest BCUT2D eigenvalue weighted by atomic mass is 9.79. The molecular formula is C43H46N2OS. The molecule has 5 aromatic carbocycles. The molecule has 240 valence electrons. The highest BCUT2D eigenvalue weighted by Gasteiger charge is 2.25. The van der Waals surface area contributed by atoms with Gasteiger partial charge in [0.1, 0.15) is 10.8 Å². The van der Waals surface area contributed by atoms with Crippen molar-refractivity contribution < 1.29 is 5.11 Å². The van der Waals surface area contributed by atoms with Gasteiger partial charge in [-0.25, -0.2) is 4.98 Å². The van der Waals surface area contributed by atoms with Crippen molar-refractivity contribution in [3.8, 4) is 27.4 Å². The average molecular weight is 639 g/mol. The molecule has 0 spiro atoms. The van der Waals surface area contributed by atoms with Crippen LogP contribution in [-0.2, 0) is 16.2 Å². The Balaban J connectivity index is 1.52. The second kappa shape index (κ2) is 11.8. The maximum absolute atomic E-state index is 11.4. The summed E-state index contributed by atoms with van der Waals surface area (Å²) in [5, 5.41) is 14.8. The molecule has 0 saturated heterocycles. The Morgan fingerprint density at radius 1 is 0.660 bits per heavy atom. The number of fused-ring (bicyclic) bond motifs is 2. The lowest BCUT2D eigenvalue weighted by Crippen LogP contribution is -2.17. The summed E-state index contributed by atoms with van der Waals surface area (Å²) in [6.07, 6.45) is 1.81. The molecule has 6 aromatic rings. The minimum absolute atomic E-state index is 0.0225. The van der Waals surface area contributed by atoms with Crippen molar-refractivity contribution in [3.63, 3.8) is 0 Å². The number of nitrogens with zero attached hydrogens (tertiary/aromatic N) is 2. The third-order valence-electron chi connectivity index (χ3n) is 9.08. The van der Waals surface area contributed by atoms with Crippen molar-refractivity contribution >= 4 is 44.2 Å². The Kier molecular flexibility index (Phi) is 8.17. The van der Waals surface area contributed by atoms with Crippen LogP contribution in [0.25, 0.3) is 42.7 Å². The summed E-state index contributed by atoms with van der Waals surface area (Å²) in [4.78, 5) is 10.3. The van der Waals surface area contributed by atoms with Crippen molar-refractivity contribution in [3.05, 3.63) is 113 Å². The summed E-state index contributed by atoms with van der Waals surface area (Å²) in [7, 11) is 0. The fourth-order valence-electron chi connectivity index (χ4n) is 6.13. The van der Waals surface area contributed by atoms with E-state index in [-0.39, 0.29) is 22.0 Å². The molecule has 1 aromatic heterocycles. The predicted molar refractivity (Wildman–Crippen MR) is 204 cm³/mol. The number of hydrogen-bond acceptors (Lipinski definition) is 4. The number of aliphatic imine (C=N–C) groups is 1. The van der Waals surface area contributed by atoms with Crippen LogP contribution in [-0.4, -0.2) is 16.3 Å². The summed E-state index contributed by atoms with van der Waals surface area (Å²) in [5.74, 6) is 0.288. The Morgan fingerprint density at radius 2 is 1.30 bits per heavy atom. The van der Waals surface area contributed by atoms with E-state index in [1.807, 2.05) is 24.4 Å². The molecule has 0 saturated carbocycles. The fraction of sp³-hybridized carbons (Fsp3) is 0.302. The van der Waals surface area contributed by atoms with Crippen LogP contribution < -0.4 is 0 Å². The van der Waals surface area contributed by atoms with Crippen LogP contribution in [0.5, 0.6) is 5.75 Å². The van der Waals surface area contributed by atoms with Crippen LogP contribution in [0.4, 0.5) is 5.69 Å². The van der Waals surface area contributed by atoms with Crippen molar-refractivity contribution in [2.24, 2.45) is 4.99 Å². The maximum Gasteiger partial charge on any atom is 0.128 e. The largest absolute Gasteiger partial charge is 0.507 e. The van der Waals surface area contributed by atoms with Crippen LogP contribution in [0.2, 0.25) is 0 Å². The number of hydrogen-bond donors (Lipinski definition) is 1. The second-order valence-electron chi connectivity index (χ2n) is 15.9. The van der Waals surface area contributed by atoms with Gasteiger partial charge >= 0.3 is 0 Å². The molecule has 3 nitrogen and oxygen atoms in total. The third kappa shape index (κ3) is 6.36. The highest BCUT2D eigenvalue weighted by Crippen LogP contribution is 2.44. The average Bonchev–Trinajstić information content (AvgIpc) is 3.43. The normalized spacial score (nSPS) is 12.9. The number of para-hydroxylation sites is 1. The molecule has 0 aliphatic rings. The number of aromatic hydroxyl groups is 1. The molecule has 1 heterocycles. The lowest BCUT2D eigenvalue weighted by Gasteiger charge is -2.27. The molecule has 0 radical (unpaired) electrons. The monoisotopic (exact) mass is 638 g/mol. The first-order valence-electron chi connectivity index (χ1n) is 16.5. The standard InChI is InChI=1S/C43H46N2OS/c1-26-19-20-32(31-16-12-11-15-30(26)31)34-22-29(42(5,6)7)24-37-38(34)45-40(47-37)33-17-13-14-18-36(33)44-25-27-21-28(41(2,3)4)23-35(39(27)46)43(8,9)10/h11-25,46H,1-10H3. The minimum Gasteiger partial charge on any atom is -0.507 e. The van der Waals surface area contributed by atoms with E-state index in [9.17, 15) is 5.11 Å². The lowest BCUT2D eigenvalue weighted by molar-refractivity contribution is 0.444. The van der Waals surface area contributed by atoms with Crippen LogP contribution in [0.3, 0.4) is 0 Å². The van der Waals surface area contributed by atoms with E-state index in [4.69, 9.17) is 9.98 Å². The Labute approximate surface area is 284 Å². The molecule has 0 unspecified atom stereocenters. The zero-order chi connectivity index (χ0) is 33.9. The van der Waals surface area contributed by atoms with Gasteiger partial charge in [-0.3, -0.25) is 4.99 Å². The molecule has 0 aliphatic carbocycles. The number of aryl methyl sites for hydroxylation is 1. The number of phenolic OH excluding ortho intramolecular Hbond substituents is 1. The van der Waals surface area contributed by atoms with E-state index in [0.29, 0.717) is 0 Å². The molecule has 6 rings (SSSR count). The molecular weight excluding hydrogens is 593 g/mol. The Bertz CT molecular complexity index is 2160. The molecule has 1 N–H and O–H groups in total. The van der Waals surface area contributed by atoms with Gasteiger partial charge < -0.3 is 5.11 Å². The highest BCUT2D eigenvalue weighted by atomic mass is 32.1. The van der Waals surface area contributed by atoms with E-state index in [0.717, 1.165) is 43.2 Å². The van der Waals surface area contributed by atoms with E-state index in [1.165, 1.54) is 33.0 Å². The molecule has 0 atom stereocenters. The van der Waals surface area contributed by atoms with E-state index < -0.39 is 0 Å². The topological polar surface area (TPSA) is 45.5 Å². The molecule has 4 heteroatoms. The van der Waals surface area contributed by atoms with Gasteiger partial charge in [0.25, 0.3) is 0 Å². The van der Waals surface area contributed by atoms with Crippen LogP contribution in [0.15, 0.2) is 89.9 Å². The van der Waals surface area contributed by atoms with E-state index in [1.54, 1.807) is 11.3 Å². The summed E-state index contributed by atoms with van der Waals surface area (Å²) in [6.45, 7) is 22.0. The molecule has 0 bridgehead atoms. The number of phenols is 1. The Morgan fingerprint density at radius 3 is 1.98 bits per heavy atom. The quantitative estimate of drug-likeness (QED) is 0.195. The first-order chi connectivity index (χ1) is 22.0. The number of rotatable bonds is 4. The number of thiazole rings is 1. The van der Waals surface area contributed by atoms with Gasteiger partial charge in [-0.2, -0.15) is 0 Å². The molecule has 0 aliphatic heterocycles. The zero-order valence-corrected chi connectivity index (χ0v) is 30.2. The van der Waals surface area contributed by atoms with Gasteiger partial charge in [-0.1, -0.05) is 117 Å². The Hall–Kier alpha value is -4.28. The van der Waals surface area contributed by atoms with Gasteiger partial charge in [-0.05, 0) is 86.5 Å². The number of aromatic nitrogens is 1. The summed E-state index contributed by atoms with van der Waals surface area (Å²) < 4.78 is 1.16. The van der Waals surface area contributed by atoms with Crippen molar-refractivity contribution in [2.75, 3.05) is 0 Å². The van der Waals surface area contributed by atoms with Crippen LogP contribution in [0.1, 0.15) is 90.1 Å².